The molecule has 0 aliphatic rings. The van der Waals surface area contributed by atoms with Crippen molar-refractivity contribution in [3.63, 3.8) is 0 Å². The second-order valence-electron chi connectivity index (χ2n) is 3.41. The summed E-state index contributed by atoms with van der Waals surface area (Å²) in [6.45, 7) is 2.27. The lowest BCUT2D eigenvalue weighted by molar-refractivity contribution is 0.560. The number of sulfone groups is 1. The maximum atomic E-state index is 11.4. The zero-order valence-electron chi connectivity index (χ0n) is 8.78. The molecule has 2 rings (SSSR count). The number of hydrogen-bond donors (Lipinski definition) is 0. The van der Waals surface area contributed by atoms with Crippen LogP contribution in [0.25, 0.3) is 0 Å². The van der Waals surface area contributed by atoms with Gasteiger partial charge in [-0.3, -0.25) is 0 Å². The summed E-state index contributed by atoms with van der Waals surface area (Å²) in [6.07, 6.45) is 2.36. The molecule has 0 N–H and O–H groups in total. The minimum Gasteiger partial charge on any atom is -0.231 e. The number of rotatable bonds is 3. The van der Waals surface area contributed by atoms with Crippen molar-refractivity contribution < 1.29 is 8.42 Å². The molecule has 0 saturated heterocycles. The molecular weight excluding hydrogens is 248 g/mol. The first kappa shape index (κ1) is 11.2. The molecule has 0 atom stereocenters. The van der Waals surface area contributed by atoms with E-state index in [4.69, 9.17) is 0 Å². The van der Waals surface area contributed by atoms with E-state index in [-0.39, 0.29) is 5.16 Å². The van der Waals surface area contributed by atoms with Crippen molar-refractivity contribution >= 4 is 21.4 Å². The number of hydrogen-bond acceptors (Lipinski definition) is 6. The average Bonchev–Trinajstić information content (AvgIpc) is 2.74. The Morgan fingerprint density at radius 2 is 2.25 bits per heavy atom. The van der Waals surface area contributed by atoms with E-state index in [2.05, 4.69) is 14.5 Å². The number of aromatic nitrogens is 4. The van der Waals surface area contributed by atoms with Gasteiger partial charge in [-0.25, -0.2) is 18.1 Å². The molecule has 0 unspecified atom stereocenters. The Bertz CT molecular complexity index is 599. The van der Waals surface area contributed by atoms with E-state index < -0.39 is 9.84 Å². The molecule has 8 heteroatoms. The molecule has 0 aliphatic heterocycles. The zero-order valence-corrected chi connectivity index (χ0v) is 10.4. The van der Waals surface area contributed by atoms with E-state index in [1.807, 2.05) is 13.0 Å². The van der Waals surface area contributed by atoms with E-state index in [1.54, 1.807) is 0 Å². The van der Waals surface area contributed by atoms with E-state index in [0.717, 1.165) is 16.8 Å². The van der Waals surface area contributed by atoms with Crippen molar-refractivity contribution in [3.05, 3.63) is 23.0 Å². The summed E-state index contributed by atoms with van der Waals surface area (Å²) in [7, 11) is -3.33. The van der Waals surface area contributed by atoms with Crippen LogP contribution in [0.2, 0.25) is 0 Å². The molecule has 0 radical (unpaired) electrons. The molecule has 0 bridgehead atoms. The molecule has 2 heterocycles. The molecule has 86 valence electrons. The lowest BCUT2D eigenvalue weighted by atomic mass is 10.4. The van der Waals surface area contributed by atoms with Gasteiger partial charge in [0, 0.05) is 11.1 Å². The average molecular weight is 258 g/mol. The first-order chi connectivity index (χ1) is 7.47. The van der Waals surface area contributed by atoms with Crippen LogP contribution in [0.1, 0.15) is 10.6 Å². The summed E-state index contributed by atoms with van der Waals surface area (Å²) < 4.78 is 28.2. The smallest absolute Gasteiger partial charge is 0.231 e. The van der Waals surface area contributed by atoms with E-state index in [0.29, 0.717) is 6.54 Å². The molecule has 0 aliphatic carbocycles. The van der Waals surface area contributed by atoms with Crippen molar-refractivity contribution in [2.75, 3.05) is 6.26 Å². The van der Waals surface area contributed by atoms with Crippen LogP contribution in [0.15, 0.2) is 17.6 Å². The Kier molecular flexibility index (Phi) is 2.76. The summed E-state index contributed by atoms with van der Waals surface area (Å²) in [5.41, 5.74) is 0.918. The van der Waals surface area contributed by atoms with Gasteiger partial charge in [-0.05, 0) is 24.5 Å². The monoisotopic (exact) mass is 258 g/mol. The van der Waals surface area contributed by atoms with Gasteiger partial charge in [0.05, 0.1) is 12.2 Å². The standard InChI is InChI=1S/C8H10N4O2S2/c1-6-3-7(15-11-6)4-12-8(9-5-10-12)16(2,13)14/h3,5H,4H2,1-2H3. The van der Waals surface area contributed by atoms with Crippen molar-refractivity contribution in [3.8, 4) is 0 Å². The van der Waals surface area contributed by atoms with Crippen molar-refractivity contribution in [1.82, 2.24) is 19.1 Å². The first-order valence-electron chi connectivity index (χ1n) is 4.47. The highest BCUT2D eigenvalue weighted by atomic mass is 32.2. The van der Waals surface area contributed by atoms with Gasteiger partial charge in [-0.15, -0.1) is 0 Å². The second kappa shape index (κ2) is 3.95. The van der Waals surface area contributed by atoms with Gasteiger partial charge in [0.2, 0.25) is 15.0 Å². The van der Waals surface area contributed by atoms with Gasteiger partial charge in [-0.2, -0.15) is 9.47 Å². The minimum atomic E-state index is -3.33. The van der Waals surface area contributed by atoms with Gasteiger partial charge >= 0.3 is 0 Å². The third-order valence-electron chi connectivity index (χ3n) is 1.89. The van der Waals surface area contributed by atoms with Crippen molar-refractivity contribution in [2.45, 2.75) is 18.6 Å². The van der Waals surface area contributed by atoms with Crippen LogP contribution in [-0.2, 0) is 16.4 Å². The molecular formula is C8H10N4O2S2. The summed E-state index contributed by atoms with van der Waals surface area (Å²) in [6, 6.07) is 1.90. The van der Waals surface area contributed by atoms with Crippen LogP contribution < -0.4 is 0 Å². The molecule has 6 nitrogen and oxygen atoms in total. The summed E-state index contributed by atoms with van der Waals surface area (Å²) in [5, 5.41) is 3.88. The summed E-state index contributed by atoms with van der Waals surface area (Å²) in [4.78, 5) is 4.69. The zero-order chi connectivity index (χ0) is 11.8. The van der Waals surface area contributed by atoms with Gasteiger partial charge in [0.15, 0.2) is 0 Å². The lowest BCUT2D eigenvalue weighted by Gasteiger charge is -2.01. The fraction of sp³-hybridized carbons (Fsp3) is 0.375. The fourth-order valence-electron chi connectivity index (χ4n) is 1.29. The van der Waals surface area contributed by atoms with Crippen LogP contribution in [0.4, 0.5) is 0 Å². The van der Waals surface area contributed by atoms with E-state index in [9.17, 15) is 8.42 Å². The third kappa shape index (κ3) is 2.27. The van der Waals surface area contributed by atoms with Crippen LogP contribution in [0.3, 0.4) is 0 Å². The van der Waals surface area contributed by atoms with Gasteiger partial charge < -0.3 is 0 Å². The topological polar surface area (TPSA) is 77.7 Å². The highest BCUT2D eigenvalue weighted by Gasteiger charge is 2.16. The quantitative estimate of drug-likeness (QED) is 0.801. The Labute approximate surface area is 97.0 Å². The lowest BCUT2D eigenvalue weighted by Crippen LogP contribution is -2.10. The van der Waals surface area contributed by atoms with Gasteiger partial charge in [0.25, 0.3) is 0 Å². The predicted octanol–water partition coefficient (Wildman–Crippen LogP) is 0.495. The molecule has 0 saturated carbocycles. The Balaban J connectivity index is 2.33. The summed E-state index contributed by atoms with van der Waals surface area (Å²) in [5.74, 6) is 0. The maximum absolute atomic E-state index is 11.4. The predicted molar refractivity (Wildman–Crippen MR) is 59.1 cm³/mol. The molecule has 0 amide bonds. The molecule has 0 spiro atoms. The number of aryl methyl sites for hydroxylation is 1. The van der Waals surface area contributed by atoms with E-state index >= 15 is 0 Å². The van der Waals surface area contributed by atoms with Crippen LogP contribution >= 0.6 is 11.5 Å². The molecule has 16 heavy (non-hydrogen) atoms. The van der Waals surface area contributed by atoms with E-state index in [1.165, 1.54) is 22.5 Å². The molecule has 2 aromatic heterocycles. The normalized spacial score (nSPS) is 11.9. The van der Waals surface area contributed by atoms with Crippen LogP contribution in [-0.4, -0.2) is 33.8 Å². The highest BCUT2D eigenvalue weighted by molar-refractivity contribution is 7.90. The largest absolute Gasteiger partial charge is 0.245 e. The first-order valence-corrected chi connectivity index (χ1v) is 7.13. The molecule has 0 aromatic carbocycles. The third-order valence-corrected chi connectivity index (χ3v) is 3.73. The minimum absolute atomic E-state index is 0.0152. The number of nitrogens with zero attached hydrogens (tertiary/aromatic N) is 4. The Hall–Kier alpha value is -1.28. The summed E-state index contributed by atoms with van der Waals surface area (Å²) >= 11 is 1.33. The van der Waals surface area contributed by atoms with Gasteiger partial charge in [-0.1, -0.05) is 0 Å². The van der Waals surface area contributed by atoms with Gasteiger partial charge in [0.1, 0.15) is 6.33 Å². The van der Waals surface area contributed by atoms with Crippen LogP contribution in [0, 0.1) is 6.92 Å². The Morgan fingerprint density at radius 3 is 2.81 bits per heavy atom. The van der Waals surface area contributed by atoms with Crippen molar-refractivity contribution in [1.29, 1.82) is 0 Å². The molecule has 0 fully saturated rings. The fourth-order valence-corrected chi connectivity index (χ4v) is 2.74. The van der Waals surface area contributed by atoms with Crippen molar-refractivity contribution in [2.24, 2.45) is 0 Å². The molecule has 2 aromatic rings. The second-order valence-corrected chi connectivity index (χ2v) is 6.21. The Morgan fingerprint density at radius 1 is 1.50 bits per heavy atom. The SMILES string of the molecule is Cc1cc(Cn2ncnc2S(C)(=O)=O)sn1. The maximum Gasteiger partial charge on any atom is 0.245 e. The highest BCUT2D eigenvalue weighted by Crippen LogP contribution is 2.13. The van der Waals surface area contributed by atoms with Crippen LogP contribution in [0.5, 0.6) is 0 Å².